The molecular weight excluding hydrogens is 250 g/mol. The summed E-state index contributed by atoms with van der Waals surface area (Å²) in [6.07, 6.45) is 4.45. The van der Waals surface area contributed by atoms with Crippen LogP contribution in [-0.4, -0.2) is 23.1 Å². The lowest BCUT2D eigenvalue weighted by atomic mass is 10.1. The summed E-state index contributed by atoms with van der Waals surface area (Å²) in [5.74, 6) is 0.661. The van der Waals surface area contributed by atoms with Gasteiger partial charge in [0.2, 0.25) is 5.88 Å². The average molecular weight is 271 g/mol. The summed E-state index contributed by atoms with van der Waals surface area (Å²) in [7, 11) is 0. The maximum Gasteiger partial charge on any atom is 0.213 e. The zero-order chi connectivity index (χ0) is 14.2. The third-order valence-electron chi connectivity index (χ3n) is 3.10. The number of aromatic nitrogens is 2. The first-order valence-corrected chi connectivity index (χ1v) is 7.01. The first-order chi connectivity index (χ1) is 9.79. The van der Waals surface area contributed by atoms with Gasteiger partial charge in [0.25, 0.3) is 0 Å². The molecule has 1 unspecified atom stereocenters. The molecule has 2 rings (SSSR count). The molecule has 0 aliphatic heterocycles. The van der Waals surface area contributed by atoms with Crippen molar-refractivity contribution in [3.63, 3.8) is 0 Å². The van der Waals surface area contributed by atoms with Gasteiger partial charge in [-0.1, -0.05) is 19.1 Å². The normalized spacial score (nSPS) is 12.1. The van der Waals surface area contributed by atoms with Crippen molar-refractivity contribution in [3.8, 4) is 5.88 Å². The summed E-state index contributed by atoms with van der Waals surface area (Å²) in [5.41, 5.74) is 2.20. The molecule has 4 heteroatoms. The predicted octanol–water partition coefficient (Wildman–Crippen LogP) is 2.77. The Labute approximate surface area is 120 Å². The molecule has 2 aromatic heterocycles. The molecule has 0 radical (unpaired) electrons. The average Bonchev–Trinajstić information content (AvgIpc) is 2.49. The minimum Gasteiger partial charge on any atom is -0.477 e. The van der Waals surface area contributed by atoms with Crippen molar-refractivity contribution in [2.24, 2.45) is 0 Å². The Bertz CT molecular complexity index is 499. The summed E-state index contributed by atoms with van der Waals surface area (Å²) >= 11 is 0. The van der Waals surface area contributed by atoms with Crippen LogP contribution in [0.4, 0.5) is 0 Å². The minimum atomic E-state index is 0.315. The van der Waals surface area contributed by atoms with Gasteiger partial charge in [-0.2, -0.15) is 0 Å². The van der Waals surface area contributed by atoms with Crippen molar-refractivity contribution in [2.75, 3.05) is 13.2 Å². The van der Waals surface area contributed by atoms with Gasteiger partial charge in [0, 0.05) is 36.6 Å². The van der Waals surface area contributed by atoms with Crippen molar-refractivity contribution < 1.29 is 4.74 Å². The van der Waals surface area contributed by atoms with Gasteiger partial charge in [0.05, 0.1) is 6.61 Å². The van der Waals surface area contributed by atoms with E-state index in [1.807, 2.05) is 30.5 Å². The van der Waals surface area contributed by atoms with E-state index in [-0.39, 0.29) is 0 Å². The largest absolute Gasteiger partial charge is 0.477 e. The summed E-state index contributed by atoms with van der Waals surface area (Å²) in [4.78, 5) is 8.59. The number of hydrogen-bond donors (Lipinski definition) is 1. The van der Waals surface area contributed by atoms with Gasteiger partial charge < -0.3 is 10.1 Å². The van der Waals surface area contributed by atoms with Crippen LogP contribution in [-0.2, 0) is 6.42 Å². The van der Waals surface area contributed by atoms with Crippen molar-refractivity contribution in [1.82, 2.24) is 15.3 Å². The highest BCUT2D eigenvalue weighted by atomic mass is 16.5. The van der Waals surface area contributed by atoms with Crippen LogP contribution in [0, 0.1) is 0 Å². The molecule has 0 aliphatic rings. The van der Waals surface area contributed by atoms with Crippen LogP contribution in [0.5, 0.6) is 5.88 Å². The van der Waals surface area contributed by atoms with Crippen LogP contribution < -0.4 is 10.1 Å². The number of nitrogens with zero attached hydrogens (tertiary/aromatic N) is 2. The SMILES string of the molecule is CCNC(C)c1ccc(OCCc2ccccn2)nc1. The molecule has 1 N–H and O–H groups in total. The van der Waals surface area contributed by atoms with Crippen LogP contribution in [0.15, 0.2) is 42.7 Å². The summed E-state index contributed by atoms with van der Waals surface area (Å²) in [6, 6.07) is 10.2. The van der Waals surface area contributed by atoms with Gasteiger partial charge >= 0.3 is 0 Å². The van der Waals surface area contributed by atoms with E-state index in [0.29, 0.717) is 18.5 Å². The van der Waals surface area contributed by atoms with E-state index in [4.69, 9.17) is 4.74 Å². The predicted molar refractivity (Wildman–Crippen MR) is 79.8 cm³/mol. The van der Waals surface area contributed by atoms with Crippen molar-refractivity contribution in [3.05, 3.63) is 54.0 Å². The Kier molecular flexibility index (Phi) is 5.50. The fraction of sp³-hybridized carbons (Fsp3) is 0.375. The number of hydrogen-bond acceptors (Lipinski definition) is 4. The van der Waals surface area contributed by atoms with Crippen molar-refractivity contribution >= 4 is 0 Å². The molecule has 0 saturated carbocycles. The van der Waals surface area contributed by atoms with Gasteiger partial charge in [-0.05, 0) is 31.2 Å². The van der Waals surface area contributed by atoms with E-state index in [2.05, 4.69) is 35.2 Å². The second kappa shape index (κ2) is 7.60. The van der Waals surface area contributed by atoms with E-state index in [1.165, 1.54) is 5.56 Å². The molecule has 0 amide bonds. The van der Waals surface area contributed by atoms with Gasteiger partial charge in [-0.15, -0.1) is 0 Å². The number of ether oxygens (including phenoxy) is 1. The quantitative estimate of drug-likeness (QED) is 0.841. The maximum absolute atomic E-state index is 5.63. The highest BCUT2D eigenvalue weighted by Gasteiger charge is 2.04. The Morgan fingerprint density at radius 1 is 1.20 bits per heavy atom. The number of pyridine rings is 2. The second-order valence-corrected chi connectivity index (χ2v) is 4.63. The second-order valence-electron chi connectivity index (χ2n) is 4.63. The third-order valence-corrected chi connectivity index (χ3v) is 3.10. The Hall–Kier alpha value is -1.94. The lowest BCUT2D eigenvalue weighted by molar-refractivity contribution is 0.308. The Morgan fingerprint density at radius 3 is 2.75 bits per heavy atom. The summed E-state index contributed by atoms with van der Waals surface area (Å²) in [6.45, 7) is 5.76. The molecule has 0 aliphatic carbocycles. The monoisotopic (exact) mass is 271 g/mol. The van der Waals surface area contributed by atoms with Crippen molar-refractivity contribution in [1.29, 1.82) is 0 Å². The fourth-order valence-electron chi connectivity index (χ4n) is 1.96. The lowest BCUT2D eigenvalue weighted by Gasteiger charge is -2.12. The number of nitrogens with one attached hydrogen (secondary N) is 1. The molecule has 1 atom stereocenters. The number of rotatable bonds is 7. The molecule has 0 fully saturated rings. The van der Waals surface area contributed by atoms with Crippen LogP contribution in [0.25, 0.3) is 0 Å². The Balaban J connectivity index is 1.82. The Morgan fingerprint density at radius 2 is 2.10 bits per heavy atom. The zero-order valence-electron chi connectivity index (χ0n) is 12.0. The molecule has 0 spiro atoms. The van der Waals surface area contributed by atoms with Crippen LogP contribution in [0.3, 0.4) is 0 Å². The van der Waals surface area contributed by atoms with Crippen LogP contribution in [0.1, 0.15) is 31.1 Å². The van der Waals surface area contributed by atoms with Gasteiger partial charge in [0.15, 0.2) is 0 Å². The van der Waals surface area contributed by atoms with Gasteiger partial charge in [0.1, 0.15) is 0 Å². The van der Waals surface area contributed by atoms with Crippen LogP contribution in [0.2, 0.25) is 0 Å². The molecule has 106 valence electrons. The molecule has 0 saturated heterocycles. The molecule has 20 heavy (non-hydrogen) atoms. The summed E-state index contributed by atoms with van der Waals surface area (Å²) < 4.78 is 5.63. The topological polar surface area (TPSA) is 47.0 Å². The van der Waals surface area contributed by atoms with E-state index < -0.39 is 0 Å². The van der Waals surface area contributed by atoms with Crippen molar-refractivity contribution in [2.45, 2.75) is 26.3 Å². The zero-order valence-corrected chi connectivity index (χ0v) is 12.0. The summed E-state index contributed by atoms with van der Waals surface area (Å²) in [5, 5.41) is 3.36. The fourth-order valence-corrected chi connectivity index (χ4v) is 1.96. The minimum absolute atomic E-state index is 0.315. The molecule has 4 nitrogen and oxygen atoms in total. The first-order valence-electron chi connectivity index (χ1n) is 7.01. The molecule has 0 bridgehead atoms. The van der Waals surface area contributed by atoms with Gasteiger partial charge in [-0.3, -0.25) is 4.98 Å². The molecule has 2 heterocycles. The smallest absolute Gasteiger partial charge is 0.213 e. The van der Waals surface area contributed by atoms with E-state index >= 15 is 0 Å². The highest BCUT2D eigenvalue weighted by molar-refractivity contribution is 5.20. The van der Waals surface area contributed by atoms with E-state index in [1.54, 1.807) is 6.20 Å². The first kappa shape index (κ1) is 14.5. The highest BCUT2D eigenvalue weighted by Crippen LogP contribution is 2.14. The van der Waals surface area contributed by atoms with Crippen LogP contribution >= 0.6 is 0 Å². The van der Waals surface area contributed by atoms with E-state index in [9.17, 15) is 0 Å². The standard InChI is InChI=1S/C16H21N3O/c1-3-17-13(2)14-7-8-16(19-12-14)20-11-9-15-6-4-5-10-18-15/h4-8,10,12-13,17H,3,9,11H2,1-2H3. The molecule has 0 aromatic carbocycles. The molecule has 2 aromatic rings. The van der Waals surface area contributed by atoms with Gasteiger partial charge in [-0.25, -0.2) is 4.98 Å². The van der Waals surface area contributed by atoms with E-state index in [0.717, 1.165) is 18.7 Å². The maximum atomic E-state index is 5.63. The lowest BCUT2D eigenvalue weighted by Crippen LogP contribution is -2.17. The third kappa shape index (κ3) is 4.31. The molecular formula is C16H21N3O.